The first-order chi connectivity index (χ1) is 19.9. The molecule has 0 atom stereocenters. The van der Waals surface area contributed by atoms with E-state index in [9.17, 15) is 9.59 Å². The largest absolute Gasteiger partial charge is 0.489 e. The molecule has 3 rings (SSSR count). The summed E-state index contributed by atoms with van der Waals surface area (Å²) in [6.45, 7) is 22.8. The maximum Gasteiger partial charge on any atom is 0.338 e. The lowest BCUT2D eigenvalue weighted by atomic mass is 10.0. The maximum atomic E-state index is 11.9. The molecule has 0 radical (unpaired) electrons. The highest BCUT2D eigenvalue weighted by atomic mass is 16.5. The molecule has 0 fully saturated rings. The Labute approximate surface area is 247 Å². The van der Waals surface area contributed by atoms with Crippen LogP contribution >= 0.6 is 0 Å². The lowest BCUT2D eigenvalue weighted by Crippen LogP contribution is -2.08. The average molecular weight is 565 g/mol. The Morgan fingerprint density at radius 1 is 0.643 bits per heavy atom. The molecule has 0 amide bonds. The topological polar surface area (TPSA) is 71.1 Å². The molecule has 0 aliphatic heterocycles. The summed E-state index contributed by atoms with van der Waals surface area (Å²) in [5, 5.41) is 0. The van der Waals surface area contributed by atoms with Crippen LogP contribution in [0.2, 0.25) is 0 Å². The number of ether oxygens (including phenoxy) is 4. The van der Waals surface area contributed by atoms with Crippen LogP contribution in [-0.2, 0) is 9.59 Å². The van der Waals surface area contributed by atoms with Gasteiger partial charge in [0.2, 0.25) is 0 Å². The molecule has 3 aromatic carbocycles. The highest BCUT2D eigenvalue weighted by molar-refractivity contribution is 5.89. The van der Waals surface area contributed by atoms with Gasteiger partial charge in [0, 0.05) is 22.3 Å². The quantitative estimate of drug-likeness (QED) is 0.0683. The lowest BCUT2D eigenvalue weighted by Gasteiger charge is -2.17. The molecular formula is C36H36O6. The normalized spacial score (nSPS) is 10.6. The van der Waals surface area contributed by atoms with Crippen LogP contribution in [0.1, 0.15) is 38.8 Å². The Morgan fingerprint density at radius 3 is 1.60 bits per heavy atom. The molecule has 0 saturated heterocycles. The van der Waals surface area contributed by atoms with Crippen LogP contribution < -0.4 is 18.9 Å². The summed E-state index contributed by atoms with van der Waals surface area (Å²) >= 11 is 0. The molecule has 3 aromatic rings. The molecule has 0 saturated carbocycles. The highest BCUT2D eigenvalue weighted by Crippen LogP contribution is 2.38. The summed E-state index contributed by atoms with van der Waals surface area (Å²) in [6, 6.07) is 18.1. The van der Waals surface area contributed by atoms with Crippen molar-refractivity contribution in [2.24, 2.45) is 0 Å². The predicted octanol–water partition coefficient (Wildman–Crippen LogP) is 8.40. The Kier molecular flexibility index (Phi) is 10.9. The number of hydrogen-bond donors (Lipinski definition) is 0. The number of benzene rings is 3. The third kappa shape index (κ3) is 9.24. The van der Waals surface area contributed by atoms with Gasteiger partial charge in [-0.3, -0.25) is 0 Å². The molecule has 0 aliphatic carbocycles. The van der Waals surface area contributed by atoms with E-state index >= 15 is 0 Å². The van der Waals surface area contributed by atoms with Crippen molar-refractivity contribution in [3.63, 3.8) is 0 Å². The van der Waals surface area contributed by atoms with Gasteiger partial charge in [-0.15, -0.1) is 0 Å². The molecule has 0 heterocycles. The van der Waals surface area contributed by atoms with E-state index in [0.717, 1.165) is 33.4 Å². The Hall–Kier alpha value is -5.10. The van der Waals surface area contributed by atoms with E-state index in [0.29, 0.717) is 47.4 Å². The molecule has 0 N–H and O–H groups in total. The van der Waals surface area contributed by atoms with Crippen LogP contribution in [0.3, 0.4) is 0 Å². The van der Waals surface area contributed by atoms with Gasteiger partial charge >= 0.3 is 11.9 Å². The molecule has 0 aromatic heterocycles. The number of carbonyl (C=O) groups excluding carboxylic acids is 2. The molecule has 0 bridgehead atoms. The highest BCUT2D eigenvalue weighted by Gasteiger charge is 2.15. The van der Waals surface area contributed by atoms with Crippen molar-refractivity contribution in [3.05, 3.63) is 120 Å². The summed E-state index contributed by atoms with van der Waals surface area (Å²) in [5.74, 6) is 1.16. The van der Waals surface area contributed by atoms with E-state index in [1.165, 1.54) is 0 Å². The minimum absolute atomic E-state index is 0.319. The van der Waals surface area contributed by atoms with Crippen LogP contribution in [0.15, 0.2) is 109 Å². The van der Waals surface area contributed by atoms with Gasteiger partial charge in [-0.1, -0.05) is 62.7 Å². The van der Waals surface area contributed by atoms with E-state index in [2.05, 4.69) is 26.3 Å². The Bertz CT molecular complexity index is 1540. The van der Waals surface area contributed by atoms with Crippen molar-refractivity contribution in [3.8, 4) is 34.1 Å². The number of carbonyl (C=O) groups is 2. The van der Waals surface area contributed by atoms with Gasteiger partial charge in [0.15, 0.2) is 0 Å². The van der Waals surface area contributed by atoms with Crippen molar-refractivity contribution >= 4 is 24.1 Å². The van der Waals surface area contributed by atoms with Gasteiger partial charge in [0.25, 0.3) is 0 Å². The second-order valence-electron chi connectivity index (χ2n) is 10.1. The predicted molar refractivity (Wildman–Crippen MR) is 169 cm³/mol. The zero-order valence-corrected chi connectivity index (χ0v) is 24.6. The second kappa shape index (κ2) is 14.5. The number of rotatable bonds is 13. The first-order valence-corrected chi connectivity index (χ1v) is 13.3. The molecule has 0 spiro atoms. The van der Waals surface area contributed by atoms with Crippen molar-refractivity contribution in [1.82, 2.24) is 0 Å². The third-order valence-electron chi connectivity index (χ3n) is 5.68. The summed E-state index contributed by atoms with van der Waals surface area (Å²) < 4.78 is 22.9. The van der Waals surface area contributed by atoms with E-state index < -0.39 is 11.9 Å². The lowest BCUT2D eigenvalue weighted by molar-refractivity contribution is -0.130. The molecule has 42 heavy (non-hydrogen) atoms. The van der Waals surface area contributed by atoms with Crippen LogP contribution in [0.4, 0.5) is 0 Å². The van der Waals surface area contributed by atoms with Crippen LogP contribution in [0, 0.1) is 0 Å². The van der Waals surface area contributed by atoms with Gasteiger partial charge in [0.1, 0.15) is 36.2 Å². The Morgan fingerprint density at radius 2 is 1.12 bits per heavy atom. The standard InChI is InChI=1S/C36H36O6/c1-23(2)21-39-33-20-32(28-13-17-31(18-14-28)42-36(38)26(7)8)34(40-22-24(3)4)19-29(33)12-9-27-10-15-30(16-11-27)41-35(37)25(5)6/h9-20H,1,3,5,7,21-22H2,2,4,6,8H3/b12-9+. The zero-order valence-electron chi connectivity index (χ0n) is 24.6. The molecule has 6 heteroatoms. The van der Waals surface area contributed by atoms with Crippen LogP contribution in [0.25, 0.3) is 23.3 Å². The van der Waals surface area contributed by atoms with Crippen LogP contribution in [-0.4, -0.2) is 25.2 Å². The molecular weight excluding hydrogens is 528 g/mol. The first-order valence-electron chi connectivity index (χ1n) is 13.3. The fraction of sp³-hybridized carbons (Fsp3) is 0.167. The SMILES string of the molecule is C=C(C)COc1cc(-c2ccc(OC(=O)C(=C)C)cc2)c(OCC(=C)C)cc1/C=C/c1ccc(OC(=O)C(=C)C)cc1. The Balaban J connectivity index is 2.00. The van der Waals surface area contributed by atoms with E-state index in [-0.39, 0.29) is 0 Å². The maximum absolute atomic E-state index is 11.9. The monoisotopic (exact) mass is 564 g/mol. The zero-order chi connectivity index (χ0) is 30.8. The van der Waals surface area contributed by atoms with Gasteiger partial charge in [0.05, 0.1) is 0 Å². The van der Waals surface area contributed by atoms with Crippen molar-refractivity contribution in [2.45, 2.75) is 27.7 Å². The fourth-order valence-corrected chi connectivity index (χ4v) is 3.50. The minimum atomic E-state index is -0.484. The summed E-state index contributed by atoms with van der Waals surface area (Å²) in [6.07, 6.45) is 3.86. The first kappa shape index (κ1) is 31.4. The third-order valence-corrected chi connectivity index (χ3v) is 5.68. The van der Waals surface area contributed by atoms with E-state index in [1.54, 1.807) is 38.1 Å². The van der Waals surface area contributed by atoms with Crippen LogP contribution in [0.5, 0.6) is 23.0 Å². The summed E-state index contributed by atoms with van der Waals surface area (Å²) in [4.78, 5) is 23.7. The van der Waals surface area contributed by atoms with Crippen molar-refractivity contribution < 1.29 is 28.5 Å². The number of esters is 2. The van der Waals surface area contributed by atoms with Gasteiger partial charge in [-0.2, -0.15) is 0 Å². The van der Waals surface area contributed by atoms with Crippen molar-refractivity contribution in [1.29, 1.82) is 0 Å². The molecule has 6 nitrogen and oxygen atoms in total. The van der Waals surface area contributed by atoms with Crippen molar-refractivity contribution in [2.75, 3.05) is 13.2 Å². The van der Waals surface area contributed by atoms with Gasteiger partial charge in [-0.05, 0) is 86.4 Å². The summed E-state index contributed by atoms with van der Waals surface area (Å²) in [5.41, 5.74) is 5.72. The summed E-state index contributed by atoms with van der Waals surface area (Å²) in [7, 11) is 0. The number of hydrogen-bond acceptors (Lipinski definition) is 6. The smallest absolute Gasteiger partial charge is 0.338 e. The average Bonchev–Trinajstić information content (AvgIpc) is 2.95. The van der Waals surface area contributed by atoms with E-state index in [4.69, 9.17) is 18.9 Å². The van der Waals surface area contributed by atoms with Gasteiger partial charge < -0.3 is 18.9 Å². The van der Waals surface area contributed by atoms with E-state index in [1.807, 2.05) is 62.4 Å². The molecule has 216 valence electrons. The van der Waals surface area contributed by atoms with Gasteiger partial charge in [-0.25, -0.2) is 9.59 Å². The molecule has 0 aliphatic rings. The second-order valence-corrected chi connectivity index (χ2v) is 10.1. The fourth-order valence-electron chi connectivity index (χ4n) is 3.50. The molecule has 0 unspecified atom stereocenters. The minimum Gasteiger partial charge on any atom is -0.489 e.